The summed E-state index contributed by atoms with van der Waals surface area (Å²) in [5.74, 6) is 0.183. The maximum Gasteiger partial charge on any atom is 0.137 e. The molecule has 3 atom stereocenters. The molecule has 1 saturated carbocycles. The Bertz CT molecular complexity index is 648. The molecule has 1 heterocycles. The van der Waals surface area contributed by atoms with E-state index in [0.29, 0.717) is 18.8 Å². The average Bonchev–Trinajstić information content (AvgIpc) is 3.12. The van der Waals surface area contributed by atoms with Crippen LogP contribution in [0.4, 0.5) is 4.39 Å². The topological polar surface area (TPSA) is 50.9 Å². The molecular weight excluding hydrogens is 317 g/mol. The lowest BCUT2D eigenvalue weighted by Crippen LogP contribution is -2.51. The van der Waals surface area contributed by atoms with Crippen LogP contribution in [-0.2, 0) is 13.0 Å². The summed E-state index contributed by atoms with van der Waals surface area (Å²) in [5.41, 5.74) is -0.338. The Labute approximate surface area is 140 Å². The quantitative estimate of drug-likeness (QED) is 0.853. The first-order valence-corrected chi connectivity index (χ1v) is 8.35. The lowest BCUT2D eigenvalue weighted by Gasteiger charge is -2.42. The zero-order valence-corrected chi connectivity index (χ0v) is 13.9. The van der Waals surface area contributed by atoms with Crippen molar-refractivity contribution in [1.82, 2.24) is 14.8 Å². The fraction of sp³-hybridized carbons (Fsp3) is 0.529. The van der Waals surface area contributed by atoms with Crippen LogP contribution < -0.4 is 0 Å². The van der Waals surface area contributed by atoms with E-state index in [0.717, 1.165) is 18.4 Å². The molecule has 1 aliphatic rings. The van der Waals surface area contributed by atoms with Crippen molar-refractivity contribution in [3.8, 4) is 0 Å². The second-order valence-corrected chi connectivity index (χ2v) is 7.05. The summed E-state index contributed by atoms with van der Waals surface area (Å²) in [6, 6.07) is 6.48. The van der Waals surface area contributed by atoms with Crippen molar-refractivity contribution in [2.45, 2.75) is 38.3 Å². The first-order valence-electron chi connectivity index (χ1n) is 7.82. The molecule has 0 spiro atoms. The minimum absolute atomic E-state index is 0.0425. The minimum Gasteiger partial charge on any atom is -0.387 e. The SMILES string of the molecule is C[C@]1(CCl)CCC(Cc2ccc(F)cc2)[C@@]1(O)Cn1cncn1. The summed E-state index contributed by atoms with van der Waals surface area (Å²) < 4.78 is 14.8. The second kappa shape index (κ2) is 6.21. The number of aromatic nitrogens is 3. The molecule has 1 aliphatic carbocycles. The highest BCUT2D eigenvalue weighted by atomic mass is 35.5. The van der Waals surface area contributed by atoms with Gasteiger partial charge in [-0.25, -0.2) is 9.37 Å². The Morgan fingerprint density at radius 1 is 1.39 bits per heavy atom. The first kappa shape index (κ1) is 16.4. The number of alkyl halides is 1. The summed E-state index contributed by atoms with van der Waals surface area (Å²) >= 11 is 6.21. The van der Waals surface area contributed by atoms with Gasteiger partial charge < -0.3 is 5.11 Å². The average molecular weight is 338 g/mol. The second-order valence-electron chi connectivity index (χ2n) is 6.78. The Hall–Kier alpha value is -1.46. The van der Waals surface area contributed by atoms with Crippen LogP contribution in [0.15, 0.2) is 36.9 Å². The molecule has 1 aromatic heterocycles. The van der Waals surface area contributed by atoms with E-state index >= 15 is 0 Å². The number of rotatable bonds is 5. The monoisotopic (exact) mass is 337 g/mol. The van der Waals surface area contributed by atoms with Gasteiger partial charge in [0.1, 0.15) is 18.5 Å². The number of aliphatic hydroxyl groups is 1. The zero-order valence-electron chi connectivity index (χ0n) is 13.1. The van der Waals surface area contributed by atoms with Crippen LogP contribution in [0.2, 0.25) is 0 Å². The van der Waals surface area contributed by atoms with Crippen molar-refractivity contribution in [2.24, 2.45) is 11.3 Å². The van der Waals surface area contributed by atoms with Gasteiger partial charge in [-0.05, 0) is 42.9 Å². The fourth-order valence-corrected chi connectivity index (χ4v) is 4.05. The Kier molecular flexibility index (Phi) is 4.43. The standard InChI is InChI=1S/C17H21ClFN3O/c1-16(9-18)7-6-14(8-13-2-4-15(19)5-3-13)17(16,23)10-22-12-20-11-21-22/h2-5,11-12,14,23H,6-10H2,1H3/t14?,16-,17+/m1/s1. The molecule has 0 bridgehead atoms. The van der Waals surface area contributed by atoms with Crippen LogP contribution in [0.25, 0.3) is 0 Å². The molecule has 0 radical (unpaired) electrons. The summed E-state index contributed by atoms with van der Waals surface area (Å²) in [4.78, 5) is 3.95. The van der Waals surface area contributed by atoms with Crippen molar-refractivity contribution < 1.29 is 9.50 Å². The number of hydrogen-bond donors (Lipinski definition) is 1. The summed E-state index contributed by atoms with van der Waals surface area (Å²) in [6.07, 6.45) is 5.50. The Morgan fingerprint density at radius 3 is 2.74 bits per heavy atom. The molecule has 1 aromatic carbocycles. The van der Waals surface area contributed by atoms with Crippen LogP contribution in [0.1, 0.15) is 25.3 Å². The van der Waals surface area contributed by atoms with E-state index in [-0.39, 0.29) is 17.2 Å². The predicted molar refractivity (Wildman–Crippen MR) is 86.6 cm³/mol. The van der Waals surface area contributed by atoms with Gasteiger partial charge in [0, 0.05) is 11.3 Å². The van der Waals surface area contributed by atoms with Crippen LogP contribution in [0.5, 0.6) is 0 Å². The molecule has 0 amide bonds. The third kappa shape index (κ3) is 3.00. The third-order valence-electron chi connectivity index (χ3n) is 5.33. The maximum absolute atomic E-state index is 13.1. The first-order chi connectivity index (χ1) is 11.0. The number of hydrogen-bond acceptors (Lipinski definition) is 3. The lowest BCUT2D eigenvalue weighted by molar-refractivity contribution is -0.0891. The van der Waals surface area contributed by atoms with E-state index in [2.05, 4.69) is 10.1 Å². The van der Waals surface area contributed by atoms with Gasteiger partial charge >= 0.3 is 0 Å². The Morgan fingerprint density at radius 2 is 2.13 bits per heavy atom. The highest BCUT2D eigenvalue weighted by Crippen LogP contribution is 2.52. The normalized spacial score (nSPS) is 30.7. The maximum atomic E-state index is 13.1. The van der Waals surface area contributed by atoms with E-state index in [9.17, 15) is 9.50 Å². The smallest absolute Gasteiger partial charge is 0.137 e. The van der Waals surface area contributed by atoms with E-state index in [1.807, 2.05) is 6.92 Å². The molecule has 124 valence electrons. The largest absolute Gasteiger partial charge is 0.387 e. The molecule has 3 rings (SSSR count). The van der Waals surface area contributed by atoms with Crippen molar-refractivity contribution in [3.63, 3.8) is 0 Å². The van der Waals surface area contributed by atoms with Gasteiger partial charge in [0.15, 0.2) is 0 Å². The highest BCUT2D eigenvalue weighted by Gasteiger charge is 2.56. The van der Waals surface area contributed by atoms with E-state index < -0.39 is 5.60 Å². The van der Waals surface area contributed by atoms with E-state index in [1.54, 1.807) is 23.1 Å². The van der Waals surface area contributed by atoms with E-state index in [4.69, 9.17) is 11.6 Å². The van der Waals surface area contributed by atoms with Crippen LogP contribution in [-0.4, -0.2) is 31.4 Å². The zero-order chi connectivity index (χ0) is 16.5. The van der Waals surface area contributed by atoms with Crippen LogP contribution in [0.3, 0.4) is 0 Å². The van der Waals surface area contributed by atoms with Gasteiger partial charge in [0.05, 0.1) is 12.1 Å². The van der Waals surface area contributed by atoms with Gasteiger partial charge in [-0.1, -0.05) is 19.1 Å². The van der Waals surface area contributed by atoms with Gasteiger partial charge in [-0.2, -0.15) is 5.10 Å². The molecule has 1 fully saturated rings. The number of nitrogens with zero attached hydrogens (tertiary/aromatic N) is 3. The molecule has 0 aliphatic heterocycles. The minimum atomic E-state index is -0.975. The number of benzene rings is 1. The summed E-state index contributed by atoms with van der Waals surface area (Å²) in [6.45, 7) is 2.39. The third-order valence-corrected chi connectivity index (χ3v) is 5.91. The molecule has 1 unspecified atom stereocenters. The predicted octanol–water partition coefficient (Wildman–Crippen LogP) is 3.05. The van der Waals surface area contributed by atoms with Crippen LogP contribution >= 0.6 is 11.6 Å². The summed E-state index contributed by atoms with van der Waals surface area (Å²) in [7, 11) is 0. The van der Waals surface area contributed by atoms with E-state index in [1.165, 1.54) is 18.5 Å². The lowest BCUT2D eigenvalue weighted by atomic mass is 9.72. The van der Waals surface area contributed by atoms with Gasteiger partial charge in [-0.15, -0.1) is 11.6 Å². The van der Waals surface area contributed by atoms with Crippen molar-refractivity contribution in [1.29, 1.82) is 0 Å². The van der Waals surface area contributed by atoms with Crippen molar-refractivity contribution in [2.75, 3.05) is 5.88 Å². The molecular formula is C17H21ClFN3O. The molecule has 23 heavy (non-hydrogen) atoms. The van der Waals surface area contributed by atoms with Gasteiger partial charge in [0.25, 0.3) is 0 Å². The highest BCUT2D eigenvalue weighted by molar-refractivity contribution is 6.18. The van der Waals surface area contributed by atoms with Crippen molar-refractivity contribution in [3.05, 3.63) is 48.3 Å². The van der Waals surface area contributed by atoms with Crippen molar-refractivity contribution >= 4 is 11.6 Å². The molecule has 1 N–H and O–H groups in total. The van der Waals surface area contributed by atoms with Crippen LogP contribution in [0, 0.1) is 17.2 Å². The molecule has 4 nitrogen and oxygen atoms in total. The molecule has 6 heteroatoms. The Balaban J connectivity index is 1.87. The fourth-order valence-electron chi connectivity index (χ4n) is 3.68. The molecule has 2 aromatic rings. The van der Waals surface area contributed by atoms with Gasteiger partial charge in [-0.3, -0.25) is 4.68 Å². The summed E-state index contributed by atoms with van der Waals surface area (Å²) in [5, 5.41) is 15.6. The number of halogens is 2. The molecule has 0 saturated heterocycles. The van der Waals surface area contributed by atoms with Gasteiger partial charge in [0.2, 0.25) is 0 Å².